The molecule has 3 nitrogen and oxygen atoms in total. The summed E-state index contributed by atoms with van der Waals surface area (Å²) in [5, 5.41) is 8.86. The molecule has 7 heteroatoms. The van der Waals surface area contributed by atoms with E-state index in [1.54, 1.807) is 12.1 Å². The zero-order chi connectivity index (χ0) is 14.6. The van der Waals surface area contributed by atoms with Gasteiger partial charge >= 0.3 is 5.97 Å². The Labute approximate surface area is 115 Å². The second-order valence-corrected chi connectivity index (χ2v) is 4.38. The lowest BCUT2D eigenvalue weighted by atomic mass is 10.0. The van der Waals surface area contributed by atoms with Crippen LogP contribution in [-0.2, 0) is 4.79 Å². The first-order valence-corrected chi connectivity index (χ1v) is 5.85. The van der Waals surface area contributed by atoms with Crippen LogP contribution in [0.4, 0.5) is 13.2 Å². The molecule has 1 aromatic carbocycles. The molecule has 1 aliphatic rings. The van der Waals surface area contributed by atoms with Gasteiger partial charge in [-0.25, -0.2) is 13.6 Å². The molecule has 1 aliphatic heterocycles. The molecular formula is C12H10BrF3O3. The van der Waals surface area contributed by atoms with Crippen molar-refractivity contribution in [3.8, 4) is 5.75 Å². The van der Waals surface area contributed by atoms with Gasteiger partial charge in [0.25, 0.3) is 6.43 Å². The third-order valence-electron chi connectivity index (χ3n) is 2.32. The molecule has 2 rings (SSSR count). The van der Waals surface area contributed by atoms with Crippen LogP contribution in [0.25, 0.3) is 6.08 Å². The highest BCUT2D eigenvalue weighted by molar-refractivity contribution is 9.10. The van der Waals surface area contributed by atoms with E-state index in [1.807, 2.05) is 0 Å². The Morgan fingerprint density at radius 2 is 2.05 bits per heavy atom. The summed E-state index contributed by atoms with van der Waals surface area (Å²) in [6.07, 6.45) is -3.39. The highest BCUT2D eigenvalue weighted by Crippen LogP contribution is 2.33. The van der Waals surface area contributed by atoms with Gasteiger partial charge in [0.1, 0.15) is 5.75 Å². The van der Waals surface area contributed by atoms with Crippen LogP contribution in [0.3, 0.4) is 0 Å². The molecule has 0 saturated heterocycles. The van der Waals surface area contributed by atoms with Crippen molar-refractivity contribution in [2.75, 3.05) is 7.18 Å². The molecule has 1 heterocycles. The molecule has 0 aromatic heterocycles. The number of halogens is 4. The lowest BCUT2D eigenvalue weighted by molar-refractivity contribution is -0.134. The van der Waals surface area contributed by atoms with E-state index in [1.165, 1.54) is 12.1 Å². The summed E-state index contributed by atoms with van der Waals surface area (Å²) in [6.45, 7) is 0. The summed E-state index contributed by atoms with van der Waals surface area (Å²) in [5.74, 6) is -1.15. The van der Waals surface area contributed by atoms with Crippen molar-refractivity contribution in [3.63, 3.8) is 0 Å². The van der Waals surface area contributed by atoms with Crippen molar-refractivity contribution in [1.82, 2.24) is 0 Å². The monoisotopic (exact) mass is 338 g/mol. The number of alkyl halides is 3. The zero-order valence-corrected chi connectivity index (χ0v) is 11.3. The molecule has 1 atom stereocenters. The Morgan fingerprint density at radius 1 is 1.42 bits per heavy atom. The van der Waals surface area contributed by atoms with Crippen molar-refractivity contribution in [2.24, 2.45) is 0 Å². The van der Waals surface area contributed by atoms with Crippen LogP contribution in [0.5, 0.6) is 5.75 Å². The summed E-state index contributed by atoms with van der Waals surface area (Å²) in [4.78, 5) is 10.9. The fraction of sp³-hybridized carbons (Fsp3) is 0.250. The Hall–Kier alpha value is -1.50. The van der Waals surface area contributed by atoms with E-state index in [0.717, 1.165) is 4.47 Å². The van der Waals surface area contributed by atoms with Crippen LogP contribution >= 0.6 is 15.9 Å². The van der Waals surface area contributed by atoms with Crippen LogP contribution in [0, 0.1) is 0 Å². The molecule has 0 amide bonds. The maximum absolute atomic E-state index is 12.7. The van der Waals surface area contributed by atoms with Crippen LogP contribution in [0.2, 0.25) is 0 Å². The van der Waals surface area contributed by atoms with Crippen molar-refractivity contribution < 1.29 is 27.8 Å². The molecule has 0 aliphatic carbocycles. The minimum atomic E-state index is -2.88. The van der Waals surface area contributed by atoms with Crippen molar-refractivity contribution in [2.45, 2.75) is 12.5 Å². The first kappa shape index (κ1) is 15.6. The molecule has 0 fully saturated rings. The highest BCUT2D eigenvalue weighted by Gasteiger charge is 2.34. The predicted molar refractivity (Wildman–Crippen MR) is 67.2 cm³/mol. The van der Waals surface area contributed by atoms with Crippen molar-refractivity contribution in [1.29, 1.82) is 0 Å². The van der Waals surface area contributed by atoms with Crippen molar-refractivity contribution in [3.05, 3.63) is 33.8 Å². The normalized spacial score (nSPS) is 16.7. The smallest absolute Gasteiger partial charge is 0.335 e. The lowest BCUT2D eigenvalue weighted by Crippen LogP contribution is -2.33. The van der Waals surface area contributed by atoms with Gasteiger partial charge < -0.3 is 9.84 Å². The third kappa shape index (κ3) is 3.50. The molecule has 104 valence electrons. The molecule has 1 N–H and O–H groups in total. The van der Waals surface area contributed by atoms with E-state index < -0.39 is 24.1 Å². The third-order valence-corrected chi connectivity index (χ3v) is 2.81. The molecule has 0 spiro atoms. The van der Waals surface area contributed by atoms with Crippen LogP contribution in [0.1, 0.15) is 5.56 Å². The van der Waals surface area contributed by atoms with Gasteiger partial charge in [0.2, 0.25) is 0 Å². The van der Waals surface area contributed by atoms with Gasteiger partial charge in [-0.2, -0.15) is 0 Å². The molecular weight excluding hydrogens is 329 g/mol. The van der Waals surface area contributed by atoms with E-state index in [4.69, 9.17) is 9.84 Å². The molecule has 0 radical (unpaired) electrons. The Balaban J connectivity index is 0.000000861. The largest absolute Gasteiger partial charge is 0.479 e. The molecule has 0 saturated carbocycles. The fourth-order valence-corrected chi connectivity index (χ4v) is 1.94. The van der Waals surface area contributed by atoms with E-state index >= 15 is 0 Å². The van der Waals surface area contributed by atoms with Crippen LogP contribution in [-0.4, -0.2) is 30.8 Å². The zero-order valence-electron chi connectivity index (χ0n) is 9.74. The van der Waals surface area contributed by atoms with E-state index in [2.05, 4.69) is 15.9 Å². The minimum absolute atomic E-state index is 0.253. The number of ether oxygens (including phenoxy) is 1. The predicted octanol–water partition coefficient (Wildman–Crippen LogP) is 3.53. The average Bonchev–Trinajstić information content (AvgIpc) is 2.39. The minimum Gasteiger partial charge on any atom is -0.479 e. The van der Waals surface area contributed by atoms with Gasteiger partial charge in [0.05, 0.1) is 12.8 Å². The first-order valence-electron chi connectivity index (χ1n) is 5.06. The Kier molecular flexibility index (Phi) is 5.41. The summed E-state index contributed by atoms with van der Waals surface area (Å²) < 4.78 is 40.6. The van der Waals surface area contributed by atoms with Crippen LogP contribution in [0.15, 0.2) is 28.2 Å². The highest BCUT2D eigenvalue weighted by atomic mass is 79.9. The number of aliphatic carboxylic acids is 1. The number of rotatable bonds is 2. The van der Waals surface area contributed by atoms with Gasteiger partial charge in [0.15, 0.2) is 6.10 Å². The summed E-state index contributed by atoms with van der Waals surface area (Å²) in [5.41, 5.74) is 0.0271. The van der Waals surface area contributed by atoms with Crippen molar-refractivity contribution >= 4 is 28.0 Å². The number of benzene rings is 1. The quantitative estimate of drug-likeness (QED) is 0.897. The van der Waals surface area contributed by atoms with Gasteiger partial charge in [-0.05, 0) is 24.3 Å². The maximum atomic E-state index is 12.7. The number of carbonyl (C=O) groups is 1. The molecule has 1 unspecified atom stereocenters. The Bertz CT molecular complexity index is 503. The first-order chi connectivity index (χ1) is 8.99. The summed E-state index contributed by atoms with van der Waals surface area (Å²) in [7, 11) is 0.500. The second kappa shape index (κ2) is 6.60. The topological polar surface area (TPSA) is 46.5 Å². The molecule has 1 aromatic rings. The summed E-state index contributed by atoms with van der Waals surface area (Å²) in [6, 6.07) is 4.77. The summed E-state index contributed by atoms with van der Waals surface area (Å²) >= 11 is 3.21. The van der Waals surface area contributed by atoms with Gasteiger partial charge in [-0.3, -0.25) is 4.39 Å². The van der Waals surface area contributed by atoms with Gasteiger partial charge in [0, 0.05) is 10.0 Å². The van der Waals surface area contributed by atoms with E-state index in [0.29, 0.717) is 12.7 Å². The molecule has 19 heavy (non-hydrogen) atoms. The van der Waals surface area contributed by atoms with E-state index in [-0.39, 0.29) is 5.75 Å². The standard InChI is InChI=1S/C11H7BrF2O3.CH3F/c12-6-1-2-8-5(3-6)4-7(11(15)16)9(17-8)10(13)14;1-2/h1-4,9-10H,(H,15,16);1H3. The second-order valence-electron chi connectivity index (χ2n) is 3.46. The van der Waals surface area contributed by atoms with Gasteiger partial charge in [-0.1, -0.05) is 15.9 Å². The van der Waals surface area contributed by atoms with E-state index in [9.17, 15) is 18.0 Å². The lowest BCUT2D eigenvalue weighted by Gasteiger charge is -2.24. The average molecular weight is 339 g/mol. The number of hydrogen-bond donors (Lipinski definition) is 1. The SMILES string of the molecule is CF.O=C(O)C1=Cc2cc(Br)ccc2OC1C(F)F. The fourth-order valence-electron chi connectivity index (χ4n) is 1.56. The number of hydrogen-bond acceptors (Lipinski definition) is 2. The number of carboxylic acid groups (broad SMARTS) is 1. The maximum Gasteiger partial charge on any atom is 0.335 e. The Morgan fingerprint density at radius 3 is 2.58 bits per heavy atom. The molecule has 0 bridgehead atoms. The number of carboxylic acids is 1. The number of fused-ring (bicyclic) bond motifs is 1. The van der Waals surface area contributed by atoms with Crippen LogP contribution < -0.4 is 4.74 Å². The van der Waals surface area contributed by atoms with Gasteiger partial charge in [-0.15, -0.1) is 0 Å².